The lowest BCUT2D eigenvalue weighted by molar-refractivity contribution is 0.146. The number of aryl methyl sites for hydroxylation is 1. The number of benzene rings is 1. The summed E-state index contributed by atoms with van der Waals surface area (Å²) in [4.78, 5) is 2.57. The molecule has 0 spiro atoms. The molecule has 0 amide bonds. The summed E-state index contributed by atoms with van der Waals surface area (Å²) in [6.07, 6.45) is 6.40. The van der Waals surface area contributed by atoms with E-state index in [1.165, 1.54) is 47.7 Å². The zero-order valence-corrected chi connectivity index (χ0v) is 13.2. The van der Waals surface area contributed by atoms with E-state index in [1.54, 1.807) is 0 Å². The predicted octanol–water partition coefficient (Wildman–Crippen LogP) is 2.98. The summed E-state index contributed by atoms with van der Waals surface area (Å²) in [6, 6.07) is 8.01. The Morgan fingerprint density at radius 3 is 2.79 bits per heavy atom. The molecule has 1 aromatic rings. The molecule has 0 heterocycles. The van der Waals surface area contributed by atoms with Crippen LogP contribution in [0.3, 0.4) is 0 Å². The van der Waals surface area contributed by atoms with E-state index in [2.05, 4.69) is 46.1 Å². The highest BCUT2D eigenvalue weighted by Crippen LogP contribution is 2.36. The number of hydrogen-bond acceptors (Lipinski definition) is 2. The molecule has 1 saturated carbocycles. The minimum Gasteiger partial charge on any atom is -0.329 e. The molecule has 19 heavy (non-hydrogen) atoms. The second kappa shape index (κ2) is 5.55. The smallest absolute Gasteiger partial charge is 0.0246 e. The number of halogens is 1. The topological polar surface area (TPSA) is 29.3 Å². The Balaban J connectivity index is 1.72. The van der Waals surface area contributed by atoms with Crippen molar-refractivity contribution in [3.05, 3.63) is 33.8 Å². The van der Waals surface area contributed by atoms with Crippen molar-refractivity contribution < 1.29 is 0 Å². The van der Waals surface area contributed by atoms with Crippen LogP contribution in [0.15, 0.2) is 22.7 Å². The minimum absolute atomic E-state index is 0.599. The van der Waals surface area contributed by atoms with E-state index in [9.17, 15) is 0 Å². The molecule has 1 fully saturated rings. The van der Waals surface area contributed by atoms with Crippen LogP contribution >= 0.6 is 15.9 Å². The molecule has 2 aliphatic rings. The molecule has 3 heteroatoms. The van der Waals surface area contributed by atoms with E-state index >= 15 is 0 Å². The Morgan fingerprint density at radius 1 is 1.32 bits per heavy atom. The summed E-state index contributed by atoms with van der Waals surface area (Å²) < 4.78 is 1.20. The van der Waals surface area contributed by atoms with Gasteiger partial charge < -0.3 is 5.73 Å². The van der Waals surface area contributed by atoms with Crippen LogP contribution in [-0.4, -0.2) is 30.6 Å². The highest BCUT2D eigenvalue weighted by atomic mass is 79.9. The predicted molar refractivity (Wildman–Crippen MR) is 83.3 cm³/mol. The van der Waals surface area contributed by atoms with E-state index in [4.69, 9.17) is 5.73 Å². The van der Waals surface area contributed by atoms with Crippen LogP contribution in [-0.2, 0) is 12.8 Å². The monoisotopic (exact) mass is 322 g/mol. The van der Waals surface area contributed by atoms with E-state index in [-0.39, 0.29) is 0 Å². The van der Waals surface area contributed by atoms with Crippen LogP contribution in [0.2, 0.25) is 0 Å². The van der Waals surface area contributed by atoms with Crippen LogP contribution in [0.25, 0.3) is 0 Å². The first-order chi connectivity index (χ1) is 9.19. The first kappa shape index (κ1) is 13.6. The molecule has 0 radical (unpaired) electrons. The van der Waals surface area contributed by atoms with Crippen molar-refractivity contribution in [3.63, 3.8) is 0 Å². The zero-order valence-electron chi connectivity index (χ0n) is 11.6. The largest absolute Gasteiger partial charge is 0.329 e. The average molecular weight is 323 g/mol. The van der Waals surface area contributed by atoms with Gasteiger partial charge in [-0.2, -0.15) is 0 Å². The van der Waals surface area contributed by atoms with Crippen molar-refractivity contribution in [1.82, 2.24) is 4.90 Å². The fourth-order valence-electron chi connectivity index (χ4n) is 3.50. The summed E-state index contributed by atoms with van der Waals surface area (Å²) in [5, 5.41) is 0. The molecule has 2 aliphatic carbocycles. The molecule has 0 bridgehead atoms. The molecule has 0 aliphatic heterocycles. The zero-order chi connectivity index (χ0) is 13.4. The second-order valence-electron chi connectivity index (χ2n) is 6.12. The number of fused-ring (bicyclic) bond motifs is 1. The van der Waals surface area contributed by atoms with Crippen LogP contribution in [0.1, 0.15) is 30.4 Å². The summed E-state index contributed by atoms with van der Waals surface area (Å²) in [5.74, 6) is 0.862. The molecule has 2 atom stereocenters. The summed E-state index contributed by atoms with van der Waals surface area (Å²) in [7, 11) is 2.28. The maximum atomic E-state index is 5.99. The van der Waals surface area contributed by atoms with Crippen molar-refractivity contribution in [2.75, 3.05) is 13.6 Å². The average Bonchev–Trinajstić information content (AvgIpc) is 3.23. The van der Waals surface area contributed by atoms with Crippen LogP contribution < -0.4 is 5.73 Å². The van der Waals surface area contributed by atoms with Crippen LogP contribution in [0.5, 0.6) is 0 Å². The third kappa shape index (κ3) is 2.88. The SMILES string of the molecule is CN(C1CCc2cc(Br)ccc2C1)C(CN)C1CC1. The van der Waals surface area contributed by atoms with Gasteiger partial charge in [-0.05, 0) is 68.3 Å². The Hall–Kier alpha value is -0.380. The molecule has 2 nitrogen and oxygen atoms in total. The van der Waals surface area contributed by atoms with Gasteiger partial charge in [-0.3, -0.25) is 4.90 Å². The normalized spacial score (nSPS) is 24.3. The van der Waals surface area contributed by atoms with Crippen molar-refractivity contribution in [2.45, 2.75) is 44.2 Å². The molecule has 104 valence electrons. The van der Waals surface area contributed by atoms with Gasteiger partial charge in [0, 0.05) is 23.1 Å². The van der Waals surface area contributed by atoms with Crippen molar-refractivity contribution in [1.29, 1.82) is 0 Å². The van der Waals surface area contributed by atoms with E-state index in [0.717, 1.165) is 12.5 Å². The highest BCUT2D eigenvalue weighted by Gasteiger charge is 2.36. The Labute approximate surface area is 124 Å². The number of nitrogens with zero attached hydrogens (tertiary/aromatic N) is 1. The fraction of sp³-hybridized carbons (Fsp3) is 0.625. The lowest BCUT2D eigenvalue weighted by atomic mass is 9.87. The van der Waals surface area contributed by atoms with E-state index < -0.39 is 0 Å². The van der Waals surface area contributed by atoms with Gasteiger partial charge in [-0.25, -0.2) is 0 Å². The number of nitrogens with two attached hydrogens (primary N) is 1. The minimum atomic E-state index is 0.599. The van der Waals surface area contributed by atoms with Crippen LogP contribution in [0, 0.1) is 5.92 Å². The maximum Gasteiger partial charge on any atom is 0.0246 e. The Bertz CT molecular complexity index is 456. The lowest BCUT2D eigenvalue weighted by Gasteiger charge is -2.37. The van der Waals surface area contributed by atoms with Gasteiger partial charge in [-0.15, -0.1) is 0 Å². The lowest BCUT2D eigenvalue weighted by Crippen LogP contribution is -2.47. The van der Waals surface area contributed by atoms with Gasteiger partial charge in [0.2, 0.25) is 0 Å². The molecule has 2 unspecified atom stereocenters. The number of rotatable bonds is 4. The number of hydrogen-bond donors (Lipinski definition) is 1. The van der Waals surface area contributed by atoms with E-state index in [0.29, 0.717) is 12.1 Å². The maximum absolute atomic E-state index is 5.99. The van der Waals surface area contributed by atoms with Gasteiger partial charge in [-0.1, -0.05) is 22.0 Å². The summed E-state index contributed by atoms with van der Waals surface area (Å²) in [5.41, 5.74) is 9.04. The molecule has 2 N–H and O–H groups in total. The van der Waals surface area contributed by atoms with E-state index in [1.807, 2.05) is 0 Å². The van der Waals surface area contributed by atoms with Crippen molar-refractivity contribution in [2.24, 2.45) is 11.7 Å². The van der Waals surface area contributed by atoms with Gasteiger partial charge in [0.1, 0.15) is 0 Å². The third-order valence-corrected chi connectivity index (χ3v) is 5.37. The van der Waals surface area contributed by atoms with Gasteiger partial charge in [0.15, 0.2) is 0 Å². The van der Waals surface area contributed by atoms with Crippen molar-refractivity contribution >= 4 is 15.9 Å². The fourth-order valence-corrected chi connectivity index (χ4v) is 3.90. The van der Waals surface area contributed by atoms with Gasteiger partial charge in [0.25, 0.3) is 0 Å². The molecule has 1 aromatic carbocycles. The second-order valence-corrected chi connectivity index (χ2v) is 7.03. The third-order valence-electron chi connectivity index (χ3n) is 4.88. The van der Waals surface area contributed by atoms with Crippen molar-refractivity contribution in [3.8, 4) is 0 Å². The van der Waals surface area contributed by atoms with Gasteiger partial charge in [0.05, 0.1) is 0 Å². The molecular formula is C16H23BrN2. The quantitative estimate of drug-likeness (QED) is 0.923. The molecule has 3 rings (SSSR count). The first-order valence-corrected chi connectivity index (χ1v) is 8.17. The Morgan fingerprint density at radius 2 is 2.11 bits per heavy atom. The summed E-state index contributed by atoms with van der Waals surface area (Å²) >= 11 is 3.57. The first-order valence-electron chi connectivity index (χ1n) is 7.38. The highest BCUT2D eigenvalue weighted by molar-refractivity contribution is 9.10. The molecular weight excluding hydrogens is 300 g/mol. The standard InChI is InChI=1S/C16H23BrN2/c1-19(16(10-18)11-2-3-11)15-7-5-12-8-14(17)6-4-13(12)9-15/h4,6,8,11,15-16H,2-3,5,7,9-10,18H2,1H3. The molecule has 0 aromatic heterocycles. The van der Waals surface area contributed by atoms with Gasteiger partial charge >= 0.3 is 0 Å². The van der Waals surface area contributed by atoms with Crippen LogP contribution in [0.4, 0.5) is 0 Å². The number of likely N-dealkylation sites (N-methyl/N-ethyl adjacent to an activating group) is 1. The summed E-state index contributed by atoms with van der Waals surface area (Å²) in [6.45, 7) is 0.810. The molecule has 0 saturated heterocycles. The Kier molecular flexibility index (Phi) is 3.97.